The maximum Gasteiger partial charge on any atom is 0.209 e. The molecule has 0 aliphatic rings. The molecule has 0 amide bonds. The lowest BCUT2D eigenvalue weighted by Crippen LogP contribution is -2.08. The minimum Gasteiger partial charge on any atom is -0.320 e. The summed E-state index contributed by atoms with van der Waals surface area (Å²) in [7, 11) is 1.93. The highest BCUT2D eigenvalue weighted by molar-refractivity contribution is 7.09. The van der Waals surface area contributed by atoms with Gasteiger partial charge in [-0.2, -0.15) is 9.64 Å². The standard InChI is InChI=1S/C11H10N4S/c1-8-13-11(16-14-8)15(2)10-5-3-9(7-12)4-6-10/h3-6H,1-2H3. The molecule has 0 radical (unpaired) electrons. The highest BCUT2D eigenvalue weighted by Gasteiger charge is 2.08. The van der Waals surface area contributed by atoms with Crippen LogP contribution in [0, 0.1) is 18.3 Å². The van der Waals surface area contributed by atoms with Crippen LogP contribution in [-0.2, 0) is 0 Å². The average Bonchev–Trinajstić information content (AvgIpc) is 2.75. The quantitative estimate of drug-likeness (QED) is 0.795. The van der Waals surface area contributed by atoms with Gasteiger partial charge >= 0.3 is 0 Å². The molecule has 0 saturated heterocycles. The minimum atomic E-state index is 0.658. The number of hydrogen-bond donors (Lipinski definition) is 0. The van der Waals surface area contributed by atoms with Gasteiger partial charge in [0.2, 0.25) is 5.13 Å². The van der Waals surface area contributed by atoms with E-state index in [1.807, 2.05) is 31.0 Å². The zero-order valence-electron chi connectivity index (χ0n) is 9.01. The van der Waals surface area contributed by atoms with Crippen LogP contribution in [0.3, 0.4) is 0 Å². The van der Waals surface area contributed by atoms with Crippen LogP contribution in [0.4, 0.5) is 10.8 Å². The highest BCUT2D eigenvalue weighted by Crippen LogP contribution is 2.24. The van der Waals surface area contributed by atoms with Gasteiger partial charge in [-0.25, -0.2) is 4.98 Å². The number of nitrogens with zero attached hydrogens (tertiary/aromatic N) is 4. The second kappa shape index (κ2) is 4.29. The molecule has 0 spiro atoms. The first kappa shape index (κ1) is 10.6. The Balaban J connectivity index is 2.27. The first-order valence-corrected chi connectivity index (χ1v) is 5.52. The molecule has 2 aromatic rings. The molecule has 1 aromatic carbocycles. The van der Waals surface area contributed by atoms with Crippen molar-refractivity contribution in [1.29, 1.82) is 5.26 Å². The van der Waals surface area contributed by atoms with Crippen molar-refractivity contribution in [2.75, 3.05) is 11.9 Å². The summed E-state index contributed by atoms with van der Waals surface area (Å²) in [5.41, 5.74) is 1.65. The van der Waals surface area contributed by atoms with Crippen molar-refractivity contribution in [1.82, 2.24) is 9.36 Å². The first-order chi connectivity index (χ1) is 7.70. The summed E-state index contributed by atoms with van der Waals surface area (Å²) in [5, 5.41) is 9.55. The number of anilines is 2. The summed E-state index contributed by atoms with van der Waals surface area (Å²) in [4.78, 5) is 6.25. The molecule has 0 aliphatic heterocycles. The van der Waals surface area contributed by atoms with E-state index >= 15 is 0 Å². The number of rotatable bonds is 2. The minimum absolute atomic E-state index is 0.658. The Hall–Kier alpha value is -1.93. The summed E-state index contributed by atoms with van der Waals surface area (Å²) in [6.45, 7) is 1.87. The molecule has 0 fully saturated rings. The second-order valence-corrected chi connectivity index (χ2v) is 4.07. The van der Waals surface area contributed by atoms with Crippen molar-refractivity contribution < 1.29 is 0 Å². The van der Waals surface area contributed by atoms with Crippen molar-refractivity contribution in [2.24, 2.45) is 0 Å². The molecule has 80 valence electrons. The van der Waals surface area contributed by atoms with E-state index in [1.165, 1.54) is 11.5 Å². The number of aromatic nitrogens is 2. The molecule has 0 unspecified atom stereocenters. The van der Waals surface area contributed by atoms with Gasteiger partial charge in [0.25, 0.3) is 0 Å². The van der Waals surface area contributed by atoms with Gasteiger partial charge in [0.15, 0.2) is 0 Å². The molecule has 5 heteroatoms. The highest BCUT2D eigenvalue weighted by atomic mass is 32.1. The largest absolute Gasteiger partial charge is 0.320 e. The van der Waals surface area contributed by atoms with E-state index in [4.69, 9.17) is 5.26 Å². The Morgan fingerprint density at radius 2 is 2.00 bits per heavy atom. The Morgan fingerprint density at radius 1 is 1.31 bits per heavy atom. The van der Waals surface area contributed by atoms with E-state index in [2.05, 4.69) is 15.4 Å². The Morgan fingerprint density at radius 3 is 2.50 bits per heavy atom. The van der Waals surface area contributed by atoms with E-state index in [0.29, 0.717) is 5.56 Å². The molecule has 0 aliphatic carbocycles. The molecule has 0 atom stereocenters. The van der Waals surface area contributed by atoms with E-state index in [-0.39, 0.29) is 0 Å². The second-order valence-electron chi connectivity index (χ2n) is 3.34. The van der Waals surface area contributed by atoms with Gasteiger partial charge in [0, 0.05) is 24.3 Å². The molecule has 0 bridgehead atoms. The fourth-order valence-corrected chi connectivity index (χ4v) is 1.95. The van der Waals surface area contributed by atoms with E-state index < -0.39 is 0 Å². The molecular formula is C11H10N4S. The summed E-state index contributed by atoms with van der Waals surface area (Å²) >= 11 is 1.36. The lowest BCUT2D eigenvalue weighted by molar-refractivity contribution is 1.11. The summed E-state index contributed by atoms with van der Waals surface area (Å²) in [6.07, 6.45) is 0. The number of hydrogen-bond acceptors (Lipinski definition) is 5. The molecule has 1 aromatic heterocycles. The maximum atomic E-state index is 8.70. The Kier molecular flexibility index (Phi) is 2.84. The van der Waals surface area contributed by atoms with Gasteiger partial charge in [-0.15, -0.1) is 0 Å². The summed E-state index contributed by atoms with van der Waals surface area (Å²) in [6, 6.07) is 9.47. The van der Waals surface area contributed by atoms with Gasteiger partial charge in [-0.1, -0.05) is 0 Å². The van der Waals surface area contributed by atoms with Gasteiger partial charge in [-0.05, 0) is 31.2 Å². The van der Waals surface area contributed by atoms with Crippen LogP contribution in [0.15, 0.2) is 24.3 Å². The lowest BCUT2D eigenvalue weighted by atomic mass is 10.2. The monoisotopic (exact) mass is 230 g/mol. The smallest absolute Gasteiger partial charge is 0.209 e. The van der Waals surface area contributed by atoms with E-state index in [0.717, 1.165) is 16.6 Å². The van der Waals surface area contributed by atoms with Crippen molar-refractivity contribution in [3.05, 3.63) is 35.7 Å². The van der Waals surface area contributed by atoms with Crippen LogP contribution >= 0.6 is 11.5 Å². The molecular weight excluding hydrogens is 220 g/mol. The molecule has 16 heavy (non-hydrogen) atoms. The van der Waals surface area contributed by atoms with Crippen molar-refractivity contribution in [3.8, 4) is 6.07 Å². The van der Waals surface area contributed by atoms with Crippen LogP contribution in [0.1, 0.15) is 11.4 Å². The van der Waals surface area contributed by atoms with Crippen LogP contribution in [0.25, 0.3) is 0 Å². The third-order valence-corrected chi connectivity index (χ3v) is 3.07. The van der Waals surface area contributed by atoms with Gasteiger partial charge < -0.3 is 4.90 Å². The van der Waals surface area contributed by atoms with Gasteiger partial charge in [-0.3, -0.25) is 0 Å². The third kappa shape index (κ3) is 2.02. The average molecular weight is 230 g/mol. The van der Waals surface area contributed by atoms with Crippen LogP contribution < -0.4 is 4.90 Å². The fourth-order valence-electron chi connectivity index (χ4n) is 1.29. The van der Waals surface area contributed by atoms with Crippen LogP contribution in [-0.4, -0.2) is 16.4 Å². The molecule has 2 rings (SSSR count). The zero-order valence-corrected chi connectivity index (χ0v) is 9.82. The van der Waals surface area contributed by atoms with Gasteiger partial charge in [0.1, 0.15) is 5.82 Å². The Labute approximate surface area is 98.0 Å². The summed E-state index contributed by atoms with van der Waals surface area (Å²) < 4.78 is 4.13. The number of benzene rings is 1. The van der Waals surface area contributed by atoms with Crippen molar-refractivity contribution in [3.63, 3.8) is 0 Å². The molecule has 0 saturated carbocycles. The number of aryl methyl sites for hydroxylation is 1. The van der Waals surface area contributed by atoms with Crippen LogP contribution in [0.5, 0.6) is 0 Å². The fraction of sp³-hybridized carbons (Fsp3) is 0.182. The Bertz CT molecular complexity index is 524. The number of nitriles is 1. The van der Waals surface area contributed by atoms with Crippen LogP contribution in [0.2, 0.25) is 0 Å². The van der Waals surface area contributed by atoms with Crippen molar-refractivity contribution >= 4 is 22.4 Å². The predicted octanol–water partition coefficient (Wildman–Crippen LogP) is 2.49. The molecule has 0 N–H and O–H groups in total. The normalized spacial score (nSPS) is 9.81. The predicted molar refractivity (Wildman–Crippen MR) is 63.9 cm³/mol. The van der Waals surface area contributed by atoms with E-state index in [1.54, 1.807) is 12.1 Å². The van der Waals surface area contributed by atoms with Gasteiger partial charge in [0.05, 0.1) is 11.6 Å². The third-order valence-electron chi connectivity index (χ3n) is 2.19. The molecule has 1 heterocycles. The van der Waals surface area contributed by atoms with Crippen molar-refractivity contribution in [2.45, 2.75) is 6.92 Å². The molecule has 4 nitrogen and oxygen atoms in total. The first-order valence-electron chi connectivity index (χ1n) is 4.75. The maximum absolute atomic E-state index is 8.70. The summed E-state index contributed by atoms with van der Waals surface area (Å²) in [5.74, 6) is 0.778. The topological polar surface area (TPSA) is 52.8 Å². The zero-order chi connectivity index (χ0) is 11.5. The lowest BCUT2D eigenvalue weighted by Gasteiger charge is -2.14. The SMILES string of the molecule is Cc1nsc(N(C)c2ccc(C#N)cc2)n1. The van der Waals surface area contributed by atoms with E-state index in [9.17, 15) is 0 Å².